The van der Waals surface area contributed by atoms with Crippen LogP contribution >= 0.6 is 0 Å². The zero-order valence-electron chi connectivity index (χ0n) is 10.2. The van der Waals surface area contributed by atoms with Gasteiger partial charge >= 0.3 is 0 Å². The van der Waals surface area contributed by atoms with Crippen LogP contribution in [0.4, 0.5) is 0 Å². The SMILES string of the molecule is CCN[Si](C)(C)N([Si](C)C)[Si](C)C. The fourth-order valence-electron chi connectivity index (χ4n) is 2.08. The molecule has 0 unspecified atom stereocenters. The molecular formula is C8H24N2Si3. The van der Waals surface area contributed by atoms with Crippen molar-refractivity contribution in [2.24, 2.45) is 0 Å². The second kappa shape index (κ2) is 5.45. The monoisotopic (exact) mass is 232 g/mol. The van der Waals surface area contributed by atoms with Crippen molar-refractivity contribution >= 4 is 26.3 Å². The van der Waals surface area contributed by atoms with Gasteiger partial charge in [0.15, 0.2) is 8.40 Å². The van der Waals surface area contributed by atoms with Crippen molar-refractivity contribution in [3.05, 3.63) is 0 Å². The maximum absolute atomic E-state index is 3.70. The van der Waals surface area contributed by atoms with E-state index in [-0.39, 0.29) is 17.9 Å². The third-order valence-electron chi connectivity index (χ3n) is 2.06. The first kappa shape index (κ1) is 13.6. The van der Waals surface area contributed by atoms with Crippen LogP contribution in [0.1, 0.15) is 6.92 Å². The molecule has 0 aliphatic carbocycles. The molecule has 0 rings (SSSR count). The normalized spacial score (nSPS) is 13.4. The van der Waals surface area contributed by atoms with Gasteiger partial charge in [0.05, 0.1) is 0 Å². The molecule has 0 spiro atoms. The summed E-state index contributed by atoms with van der Waals surface area (Å²) < 4.78 is 2.84. The standard InChI is InChI=1S/C8H24N2Si3/c1-8-9-13(6,7)10(11(2)3)12(4)5/h9H,8H2,1-7H3. The first-order valence-electron chi connectivity index (χ1n) is 4.98. The van der Waals surface area contributed by atoms with Gasteiger partial charge in [-0.1, -0.05) is 33.1 Å². The Kier molecular flexibility index (Phi) is 5.69. The van der Waals surface area contributed by atoms with Gasteiger partial charge in [0.1, 0.15) is 17.9 Å². The van der Waals surface area contributed by atoms with E-state index in [0.29, 0.717) is 0 Å². The molecule has 5 heteroatoms. The van der Waals surface area contributed by atoms with E-state index in [0.717, 1.165) is 6.54 Å². The van der Waals surface area contributed by atoms with E-state index in [2.05, 4.69) is 55.1 Å². The van der Waals surface area contributed by atoms with E-state index in [9.17, 15) is 0 Å². The van der Waals surface area contributed by atoms with Crippen LogP contribution in [0, 0.1) is 0 Å². The highest BCUT2D eigenvalue weighted by Crippen LogP contribution is 2.11. The highest BCUT2D eigenvalue weighted by molar-refractivity contribution is 6.92. The van der Waals surface area contributed by atoms with E-state index in [1.54, 1.807) is 0 Å². The Morgan fingerprint density at radius 2 is 1.46 bits per heavy atom. The van der Waals surface area contributed by atoms with Crippen molar-refractivity contribution in [1.82, 2.24) is 8.88 Å². The second-order valence-corrected chi connectivity index (χ2v) is 14.3. The van der Waals surface area contributed by atoms with Gasteiger partial charge in [-0.3, -0.25) is 0 Å². The van der Waals surface area contributed by atoms with Crippen LogP contribution in [-0.4, -0.2) is 36.8 Å². The lowest BCUT2D eigenvalue weighted by Crippen LogP contribution is -2.66. The summed E-state index contributed by atoms with van der Waals surface area (Å²) in [6.45, 7) is 17.8. The van der Waals surface area contributed by atoms with E-state index in [1.807, 2.05) is 0 Å². The zero-order chi connectivity index (χ0) is 10.6. The van der Waals surface area contributed by atoms with Crippen LogP contribution in [0.3, 0.4) is 0 Å². The Morgan fingerprint density at radius 1 is 1.08 bits per heavy atom. The molecule has 0 bridgehead atoms. The number of nitrogens with zero attached hydrogens (tertiary/aromatic N) is 1. The molecule has 0 atom stereocenters. The Morgan fingerprint density at radius 3 is 1.69 bits per heavy atom. The average Bonchev–Trinajstić information content (AvgIpc) is 1.82. The molecule has 0 aliphatic heterocycles. The van der Waals surface area contributed by atoms with Gasteiger partial charge in [0, 0.05) is 0 Å². The van der Waals surface area contributed by atoms with Crippen molar-refractivity contribution in [2.75, 3.05) is 6.54 Å². The Bertz CT molecular complexity index is 140. The lowest BCUT2D eigenvalue weighted by atomic mass is 10.8. The van der Waals surface area contributed by atoms with Crippen molar-refractivity contribution in [3.63, 3.8) is 0 Å². The quantitative estimate of drug-likeness (QED) is 0.731. The van der Waals surface area contributed by atoms with Crippen molar-refractivity contribution < 1.29 is 0 Å². The van der Waals surface area contributed by atoms with Gasteiger partial charge in [0.25, 0.3) is 0 Å². The summed E-state index contributed by atoms with van der Waals surface area (Å²) in [6, 6.07) is 0. The van der Waals surface area contributed by atoms with Gasteiger partial charge < -0.3 is 8.88 Å². The highest BCUT2D eigenvalue weighted by atomic mass is 28.4. The molecule has 0 aliphatic rings. The molecule has 78 valence electrons. The minimum absolute atomic E-state index is 0.274. The van der Waals surface area contributed by atoms with Crippen LogP contribution in [-0.2, 0) is 0 Å². The van der Waals surface area contributed by atoms with Crippen LogP contribution in [0.25, 0.3) is 0 Å². The summed E-state index contributed by atoms with van der Waals surface area (Å²) in [5.41, 5.74) is 0. The smallest absolute Gasteiger partial charge is 0.184 e. The topological polar surface area (TPSA) is 15.3 Å². The van der Waals surface area contributed by atoms with Crippen LogP contribution in [0.15, 0.2) is 0 Å². The molecule has 0 aromatic heterocycles. The van der Waals surface area contributed by atoms with Gasteiger partial charge in [0.2, 0.25) is 0 Å². The fraction of sp³-hybridized carbons (Fsp3) is 1.00. The van der Waals surface area contributed by atoms with Crippen molar-refractivity contribution in [1.29, 1.82) is 0 Å². The molecule has 0 heterocycles. The predicted octanol–water partition coefficient (Wildman–Crippen LogP) is 2.10. The molecule has 13 heavy (non-hydrogen) atoms. The molecule has 0 fully saturated rings. The minimum Gasteiger partial charge on any atom is -0.358 e. The number of hydrogen-bond donors (Lipinski definition) is 1. The fourth-order valence-corrected chi connectivity index (χ4v) is 16.1. The first-order chi connectivity index (χ1) is 5.83. The minimum atomic E-state index is -1.29. The Balaban J connectivity index is 4.52. The Hall–Kier alpha value is 0.571. The average molecular weight is 233 g/mol. The molecule has 0 aromatic carbocycles. The lowest BCUT2D eigenvalue weighted by molar-refractivity contribution is 0.841. The summed E-state index contributed by atoms with van der Waals surface area (Å²) in [7, 11) is -1.83. The van der Waals surface area contributed by atoms with Gasteiger partial charge in [-0.05, 0) is 19.6 Å². The summed E-state index contributed by atoms with van der Waals surface area (Å²) in [4.78, 5) is 3.70. The van der Waals surface area contributed by atoms with Crippen molar-refractivity contribution in [3.8, 4) is 0 Å². The lowest BCUT2D eigenvalue weighted by Gasteiger charge is -2.42. The van der Waals surface area contributed by atoms with Gasteiger partial charge in [-0.2, -0.15) is 0 Å². The van der Waals surface area contributed by atoms with E-state index in [4.69, 9.17) is 0 Å². The van der Waals surface area contributed by atoms with Crippen LogP contribution in [0.2, 0.25) is 39.3 Å². The molecule has 1 N–H and O–H groups in total. The van der Waals surface area contributed by atoms with Gasteiger partial charge in [-0.15, -0.1) is 0 Å². The largest absolute Gasteiger partial charge is 0.358 e. The number of nitrogens with one attached hydrogen (secondary N) is 1. The molecule has 0 amide bonds. The van der Waals surface area contributed by atoms with Crippen LogP contribution in [0.5, 0.6) is 0 Å². The maximum atomic E-state index is 3.70. The summed E-state index contributed by atoms with van der Waals surface area (Å²) in [5.74, 6) is 0. The highest BCUT2D eigenvalue weighted by Gasteiger charge is 2.33. The van der Waals surface area contributed by atoms with E-state index >= 15 is 0 Å². The molecule has 0 saturated heterocycles. The second-order valence-electron chi connectivity index (χ2n) is 4.32. The molecule has 2 radical (unpaired) electrons. The maximum Gasteiger partial charge on any atom is 0.184 e. The Labute approximate surface area is 88.3 Å². The molecule has 0 aromatic rings. The van der Waals surface area contributed by atoms with Gasteiger partial charge in [-0.25, -0.2) is 0 Å². The van der Waals surface area contributed by atoms with E-state index < -0.39 is 8.40 Å². The zero-order valence-corrected chi connectivity index (χ0v) is 13.2. The first-order valence-corrected chi connectivity index (χ1v) is 12.8. The summed E-state index contributed by atoms with van der Waals surface area (Å²) >= 11 is 0. The third kappa shape index (κ3) is 4.07. The number of rotatable bonds is 5. The third-order valence-corrected chi connectivity index (χ3v) is 14.9. The number of hydrogen-bond acceptors (Lipinski definition) is 2. The van der Waals surface area contributed by atoms with Crippen molar-refractivity contribution in [2.45, 2.75) is 46.2 Å². The van der Waals surface area contributed by atoms with Crippen LogP contribution < -0.4 is 4.98 Å². The molecule has 2 nitrogen and oxygen atoms in total. The summed E-state index contributed by atoms with van der Waals surface area (Å²) in [6.07, 6.45) is 0. The predicted molar refractivity (Wildman–Crippen MR) is 68.0 cm³/mol. The summed E-state index contributed by atoms with van der Waals surface area (Å²) in [5, 5.41) is 0. The molecular weight excluding hydrogens is 208 g/mol. The van der Waals surface area contributed by atoms with E-state index in [1.165, 1.54) is 0 Å². The molecule has 0 saturated carbocycles.